The highest BCUT2D eigenvalue weighted by Crippen LogP contribution is 2.25. The number of benzene rings is 1. The van der Waals surface area contributed by atoms with Crippen LogP contribution >= 0.6 is 11.6 Å². The van der Waals surface area contributed by atoms with E-state index in [2.05, 4.69) is 9.97 Å². The maximum Gasteiger partial charge on any atom is 0.262 e. The number of aromatic hydroxyl groups is 1. The number of nitrogens with one attached hydrogen (secondary N) is 1. The second-order valence-electron chi connectivity index (χ2n) is 3.43. The Morgan fingerprint density at radius 3 is 2.82 bits per heavy atom. The third-order valence-corrected chi connectivity index (χ3v) is 2.49. The molecule has 88 valence electrons. The van der Waals surface area contributed by atoms with Gasteiger partial charge in [-0.2, -0.15) is 4.98 Å². The number of aromatic amines is 1. The molecule has 17 heavy (non-hydrogen) atoms. The summed E-state index contributed by atoms with van der Waals surface area (Å²) in [6.07, 6.45) is 0. The van der Waals surface area contributed by atoms with Crippen molar-refractivity contribution in [3.8, 4) is 17.0 Å². The number of hydrogen-bond donors (Lipinski definition) is 3. The molecule has 5 nitrogen and oxygen atoms in total. The fourth-order valence-corrected chi connectivity index (χ4v) is 1.70. The smallest absolute Gasteiger partial charge is 0.262 e. The summed E-state index contributed by atoms with van der Waals surface area (Å²) in [7, 11) is 0. The number of nitrogens with two attached hydrogens (primary N) is 1. The van der Waals surface area contributed by atoms with Crippen molar-refractivity contribution in [2.75, 3.05) is 0 Å². The van der Waals surface area contributed by atoms with Gasteiger partial charge < -0.3 is 15.8 Å². The number of rotatable bonds is 2. The average molecular weight is 252 g/mol. The maximum atomic E-state index is 11.8. The van der Waals surface area contributed by atoms with Crippen LogP contribution in [0.1, 0.15) is 5.82 Å². The first-order valence-electron chi connectivity index (χ1n) is 4.90. The summed E-state index contributed by atoms with van der Waals surface area (Å²) in [5.41, 5.74) is 5.49. The first kappa shape index (κ1) is 11.6. The van der Waals surface area contributed by atoms with E-state index in [0.29, 0.717) is 10.6 Å². The van der Waals surface area contributed by atoms with Gasteiger partial charge in [0.25, 0.3) is 5.56 Å². The summed E-state index contributed by atoms with van der Waals surface area (Å²) < 4.78 is 0. The largest absolute Gasteiger partial charge is 0.493 e. The second-order valence-corrected chi connectivity index (χ2v) is 3.86. The van der Waals surface area contributed by atoms with Gasteiger partial charge in [-0.05, 0) is 17.7 Å². The molecule has 4 N–H and O–H groups in total. The van der Waals surface area contributed by atoms with E-state index in [1.807, 2.05) is 0 Å². The minimum atomic E-state index is -0.444. The number of nitrogens with zero attached hydrogens (tertiary/aromatic N) is 1. The number of H-pyrrole nitrogens is 1. The molecule has 0 saturated heterocycles. The zero-order chi connectivity index (χ0) is 12.4. The second kappa shape index (κ2) is 4.57. The van der Waals surface area contributed by atoms with Gasteiger partial charge in [0.1, 0.15) is 11.4 Å². The Morgan fingerprint density at radius 2 is 2.24 bits per heavy atom. The van der Waals surface area contributed by atoms with Crippen molar-refractivity contribution in [1.29, 1.82) is 0 Å². The Labute approximate surface area is 102 Å². The predicted octanol–water partition coefficient (Wildman–Crippen LogP) is 1.25. The van der Waals surface area contributed by atoms with Crippen LogP contribution in [-0.4, -0.2) is 15.1 Å². The molecule has 1 aromatic heterocycles. The Morgan fingerprint density at radius 1 is 1.47 bits per heavy atom. The topological polar surface area (TPSA) is 92.0 Å². The maximum absolute atomic E-state index is 11.8. The summed E-state index contributed by atoms with van der Waals surface area (Å²) in [6, 6.07) is 6.61. The molecule has 0 atom stereocenters. The molecule has 0 aliphatic rings. The van der Waals surface area contributed by atoms with Gasteiger partial charge in [0.2, 0.25) is 5.88 Å². The molecule has 0 aliphatic heterocycles. The molecule has 2 rings (SSSR count). The van der Waals surface area contributed by atoms with Crippen molar-refractivity contribution in [3.05, 3.63) is 45.5 Å². The molecule has 1 heterocycles. The molecular formula is C11H10ClN3O2. The van der Waals surface area contributed by atoms with Crippen LogP contribution in [0.4, 0.5) is 0 Å². The van der Waals surface area contributed by atoms with Gasteiger partial charge in [-0.15, -0.1) is 0 Å². The van der Waals surface area contributed by atoms with E-state index in [1.165, 1.54) is 0 Å². The van der Waals surface area contributed by atoms with Crippen molar-refractivity contribution in [3.63, 3.8) is 0 Å². The third kappa shape index (κ3) is 2.30. The van der Waals surface area contributed by atoms with Crippen LogP contribution in [0.2, 0.25) is 5.02 Å². The first-order chi connectivity index (χ1) is 8.11. The summed E-state index contributed by atoms with van der Waals surface area (Å²) >= 11 is 5.82. The molecule has 0 amide bonds. The van der Waals surface area contributed by atoms with Gasteiger partial charge >= 0.3 is 0 Å². The van der Waals surface area contributed by atoms with Gasteiger partial charge in [0, 0.05) is 5.02 Å². The lowest BCUT2D eigenvalue weighted by Gasteiger charge is -2.05. The average Bonchev–Trinajstić information content (AvgIpc) is 2.28. The summed E-state index contributed by atoms with van der Waals surface area (Å²) in [4.78, 5) is 18.1. The third-order valence-electron chi connectivity index (χ3n) is 2.26. The minimum absolute atomic E-state index is 0.0542. The zero-order valence-corrected chi connectivity index (χ0v) is 9.53. The van der Waals surface area contributed by atoms with Gasteiger partial charge in [-0.1, -0.05) is 23.7 Å². The van der Waals surface area contributed by atoms with E-state index in [-0.39, 0.29) is 23.8 Å². The molecule has 0 unspecified atom stereocenters. The molecule has 0 fully saturated rings. The highest BCUT2D eigenvalue weighted by molar-refractivity contribution is 6.30. The number of halogens is 1. The highest BCUT2D eigenvalue weighted by Gasteiger charge is 2.12. The van der Waals surface area contributed by atoms with E-state index in [1.54, 1.807) is 24.3 Å². The normalized spacial score (nSPS) is 10.5. The summed E-state index contributed by atoms with van der Waals surface area (Å²) in [5, 5.41) is 10.2. The molecule has 0 aliphatic carbocycles. The van der Waals surface area contributed by atoms with Crippen LogP contribution in [0.3, 0.4) is 0 Å². The lowest BCUT2D eigenvalue weighted by Crippen LogP contribution is -2.16. The highest BCUT2D eigenvalue weighted by atomic mass is 35.5. The molecule has 0 bridgehead atoms. The SMILES string of the molecule is NCc1nc(O)c(-c2cccc(Cl)c2)c(=O)[nH]1. The Bertz CT molecular complexity index is 610. The number of aromatic nitrogens is 2. The van der Waals surface area contributed by atoms with Crippen LogP contribution in [0.25, 0.3) is 11.1 Å². The first-order valence-corrected chi connectivity index (χ1v) is 5.28. The van der Waals surface area contributed by atoms with Crippen molar-refractivity contribution < 1.29 is 5.11 Å². The Balaban J connectivity index is 2.64. The quantitative estimate of drug-likeness (QED) is 0.749. The molecular weight excluding hydrogens is 242 g/mol. The molecule has 0 saturated carbocycles. The lowest BCUT2D eigenvalue weighted by molar-refractivity contribution is 0.450. The predicted molar refractivity (Wildman–Crippen MR) is 64.9 cm³/mol. The van der Waals surface area contributed by atoms with Crippen molar-refractivity contribution in [2.45, 2.75) is 6.54 Å². The Kier molecular flexibility index (Phi) is 3.12. The molecule has 0 spiro atoms. The fourth-order valence-electron chi connectivity index (χ4n) is 1.51. The van der Waals surface area contributed by atoms with Crippen LogP contribution in [0.15, 0.2) is 29.1 Å². The van der Waals surface area contributed by atoms with E-state index in [4.69, 9.17) is 17.3 Å². The summed E-state index contributed by atoms with van der Waals surface area (Å²) in [6.45, 7) is 0.0542. The van der Waals surface area contributed by atoms with Crippen LogP contribution in [0, 0.1) is 0 Å². The van der Waals surface area contributed by atoms with Gasteiger partial charge in [-0.3, -0.25) is 4.79 Å². The zero-order valence-electron chi connectivity index (χ0n) is 8.77. The summed E-state index contributed by atoms with van der Waals surface area (Å²) in [5.74, 6) is -0.116. The lowest BCUT2D eigenvalue weighted by atomic mass is 10.1. The van der Waals surface area contributed by atoms with Crippen LogP contribution in [0.5, 0.6) is 5.88 Å². The van der Waals surface area contributed by atoms with E-state index < -0.39 is 5.56 Å². The molecule has 0 radical (unpaired) electrons. The van der Waals surface area contributed by atoms with E-state index >= 15 is 0 Å². The van der Waals surface area contributed by atoms with Gasteiger partial charge in [0.05, 0.1) is 6.54 Å². The van der Waals surface area contributed by atoms with Gasteiger partial charge in [-0.25, -0.2) is 0 Å². The monoisotopic (exact) mass is 251 g/mol. The standard InChI is InChI=1S/C11H10ClN3O2/c12-7-3-1-2-6(4-7)9-10(16)14-8(5-13)15-11(9)17/h1-4H,5,13H2,(H2,14,15,16,17). The number of hydrogen-bond acceptors (Lipinski definition) is 4. The van der Waals surface area contributed by atoms with Crippen molar-refractivity contribution >= 4 is 11.6 Å². The fraction of sp³-hybridized carbons (Fsp3) is 0.0909. The molecule has 1 aromatic carbocycles. The van der Waals surface area contributed by atoms with Crippen LogP contribution < -0.4 is 11.3 Å². The van der Waals surface area contributed by atoms with Crippen molar-refractivity contribution in [1.82, 2.24) is 9.97 Å². The van der Waals surface area contributed by atoms with E-state index in [0.717, 1.165) is 0 Å². The van der Waals surface area contributed by atoms with Crippen molar-refractivity contribution in [2.24, 2.45) is 5.73 Å². The Hall–Kier alpha value is -1.85. The molecule has 6 heteroatoms. The van der Waals surface area contributed by atoms with Gasteiger partial charge in [0.15, 0.2) is 0 Å². The minimum Gasteiger partial charge on any atom is -0.493 e. The van der Waals surface area contributed by atoms with E-state index in [9.17, 15) is 9.90 Å². The molecule has 2 aromatic rings. The van der Waals surface area contributed by atoms with Crippen LogP contribution in [-0.2, 0) is 6.54 Å².